The van der Waals surface area contributed by atoms with Gasteiger partial charge in [0.15, 0.2) is 11.5 Å². The predicted molar refractivity (Wildman–Crippen MR) is 298 cm³/mol. The summed E-state index contributed by atoms with van der Waals surface area (Å²) < 4.78 is 37.7. The molecular weight excluding hydrogens is 981 g/mol. The summed E-state index contributed by atoms with van der Waals surface area (Å²) in [5.74, 6) is 1.79. The van der Waals surface area contributed by atoms with Crippen molar-refractivity contribution in [2.45, 2.75) is 98.4 Å². The van der Waals surface area contributed by atoms with Crippen LogP contribution in [-0.4, -0.2) is 41.7 Å². The lowest BCUT2D eigenvalue weighted by Crippen LogP contribution is -2.10. The smallest absolute Gasteiger partial charge is 0.335 e. The third-order valence-corrected chi connectivity index (χ3v) is 13.3. The normalized spacial score (nSPS) is 11.9. The molecule has 0 aliphatic heterocycles. The van der Waals surface area contributed by atoms with Gasteiger partial charge in [0, 0.05) is 33.4 Å². The number of carbonyl (C=O) groups is 1. The lowest BCUT2D eigenvalue weighted by molar-refractivity contribution is 0.0695. The average molecular weight is 1040 g/mol. The van der Waals surface area contributed by atoms with E-state index in [0.717, 1.165) is 50.1 Å². The fraction of sp³-hybridized carbons (Fsp3) is 0.234. The quantitative estimate of drug-likeness (QED) is 0.0965. The van der Waals surface area contributed by atoms with Crippen molar-refractivity contribution in [2.24, 2.45) is 0 Å². The first kappa shape index (κ1) is 52.3. The standard InChI is InChI=1S/C64H60N6O8/c1-62(2,3)49-28-22-45(23-29-49)58-68-65-55(76-58)42-16-10-39(11-17-42)36-73-52-34-48(61(71)72)35-53(74-37-40-12-18-43(19-13-40)56-66-69-59(77-56)46-24-30-50(31-25-46)63(4,5)6)54(52)75-38-41-14-20-44(21-15-41)57-67-70-60(78-57)47-26-32-51(33-27-47)64(7,8)9/h10-35H,36-38H2,1-9H3,(H,71,72). The number of carboxylic acid groups (broad SMARTS) is 1. The molecule has 0 aliphatic rings. The van der Waals surface area contributed by atoms with E-state index in [1.807, 2.05) is 109 Å². The highest BCUT2D eigenvalue weighted by molar-refractivity contribution is 5.89. The second-order valence-electron chi connectivity index (χ2n) is 22.3. The minimum absolute atomic E-state index is 0.0191. The number of carboxylic acids is 1. The van der Waals surface area contributed by atoms with Crippen molar-refractivity contribution in [3.05, 3.63) is 197 Å². The van der Waals surface area contributed by atoms with Crippen molar-refractivity contribution >= 4 is 5.97 Å². The number of hydrogen-bond donors (Lipinski definition) is 1. The lowest BCUT2D eigenvalue weighted by atomic mass is 9.87. The summed E-state index contributed by atoms with van der Waals surface area (Å²) >= 11 is 0. The zero-order chi connectivity index (χ0) is 54.8. The Morgan fingerprint density at radius 3 is 0.833 bits per heavy atom. The van der Waals surface area contributed by atoms with Crippen LogP contribution in [0.3, 0.4) is 0 Å². The molecule has 0 spiro atoms. The molecule has 10 rings (SSSR count). The summed E-state index contributed by atoms with van der Waals surface area (Å²) in [7, 11) is 0. The van der Waals surface area contributed by atoms with Crippen LogP contribution in [0.2, 0.25) is 0 Å². The maximum absolute atomic E-state index is 12.7. The molecule has 3 heterocycles. The molecule has 78 heavy (non-hydrogen) atoms. The molecule has 0 bridgehead atoms. The van der Waals surface area contributed by atoms with Crippen LogP contribution < -0.4 is 14.2 Å². The van der Waals surface area contributed by atoms with Gasteiger partial charge in [0.25, 0.3) is 0 Å². The Hall–Kier alpha value is -9.17. The summed E-state index contributed by atoms with van der Waals surface area (Å²) in [6.07, 6.45) is 0. The van der Waals surface area contributed by atoms with Crippen molar-refractivity contribution < 1.29 is 37.4 Å². The molecule has 10 aromatic rings. The second kappa shape index (κ2) is 21.5. The largest absolute Gasteiger partial charge is 0.485 e. The molecule has 14 heteroatoms. The van der Waals surface area contributed by atoms with Crippen LogP contribution in [0.4, 0.5) is 0 Å². The third kappa shape index (κ3) is 12.1. The monoisotopic (exact) mass is 1040 g/mol. The molecule has 0 fully saturated rings. The Morgan fingerprint density at radius 2 is 0.603 bits per heavy atom. The van der Waals surface area contributed by atoms with E-state index in [9.17, 15) is 9.90 Å². The first-order valence-electron chi connectivity index (χ1n) is 25.7. The van der Waals surface area contributed by atoms with E-state index in [1.54, 1.807) is 0 Å². The molecule has 0 amide bonds. The highest BCUT2D eigenvalue weighted by Crippen LogP contribution is 2.41. The Balaban J connectivity index is 0.870. The maximum atomic E-state index is 12.7. The Labute approximate surface area is 453 Å². The van der Waals surface area contributed by atoms with E-state index in [2.05, 4.69) is 129 Å². The molecule has 0 unspecified atom stereocenters. The fourth-order valence-electron chi connectivity index (χ4n) is 8.47. The van der Waals surface area contributed by atoms with E-state index >= 15 is 0 Å². The molecular formula is C64H60N6O8. The zero-order valence-electron chi connectivity index (χ0n) is 45.1. The van der Waals surface area contributed by atoms with Crippen LogP contribution in [0.1, 0.15) is 106 Å². The molecule has 14 nitrogen and oxygen atoms in total. The summed E-state index contributed by atoms with van der Waals surface area (Å²) in [4.78, 5) is 12.7. The Kier molecular flexibility index (Phi) is 14.4. The van der Waals surface area contributed by atoms with Gasteiger partial charge < -0.3 is 32.6 Å². The van der Waals surface area contributed by atoms with Gasteiger partial charge in [0.05, 0.1) is 5.56 Å². The van der Waals surface area contributed by atoms with Gasteiger partial charge in [-0.15, -0.1) is 30.6 Å². The van der Waals surface area contributed by atoms with E-state index in [1.165, 1.54) is 28.8 Å². The highest BCUT2D eigenvalue weighted by atomic mass is 16.5. The Bertz CT molecular complexity index is 3510. The van der Waals surface area contributed by atoms with E-state index in [-0.39, 0.29) is 58.9 Å². The molecule has 0 saturated heterocycles. The number of ether oxygens (including phenoxy) is 3. The second-order valence-corrected chi connectivity index (χ2v) is 22.3. The van der Waals surface area contributed by atoms with Crippen molar-refractivity contribution in [3.8, 4) is 86.0 Å². The van der Waals surface area contributed by atoms with Crippen molar-refractivity contribution in [1.82, 2.24) is 30.6 Å². The number of aromatic carboxylic acids is 1. The Morgan fingerprint density at radius 1 is 0.372 bits per heavy atom. The number of aromatic nitrogens is 6. The number of hydrogen-bond acceptors (Lipinski definition) is 13. The van der Waals surface area contributed by atoms with Crippen LogP contribution >= 0.6 is 0 Å². The summed E-state index contributed by atoms with van der Waals surface area (Å²) in [6.45, 7) is 19.7. The third-order valence-electron chi connectivity index (χ3n) is 13.3. The maximum Gasteiger partial charge on any atom is 0.335 e. The topological polar surface area (TPSA) is 182 Å². The minimum atomic E-state index is -1.17. The molecule has 394 valence electrons. The van der Waals surface area contributed by atoms with Crippen molar-refractivity contribution in [1.29, 1.82) is 0 Å². The average Bonchev–Trinajstić information content (AvgIpc) is 4.27. The van der Waals surface area contributed by atoms with Crippen LogP contribution in [0.25, 0.3) is 68.7 Å². The van der Waals surface area contributed by atoms with E-state index in [0.29, 0.717) is 35.3 Å². The van der Waals surface area contributed by atoms with E-state index < -0.39 is 5.97 Å². The van der Waals surface area contributed by atoms with Crippen LogP contribution in [-0.2, 0) is 36.1 Å². The summed E-state index contributed by atoms with van der Waals surface area (Å²) in [5, 5.41) is 36.2. The molecule has 0 saturated carbocycles. The summed E-state index contributed by atoms with van der Waals surface area (Å²) in [5.41, 5.74) is 10.7. The van der Waals surface area contributed by atoms with Crippen LogP contribution in [0, 0.1) is 0 Å². The van der Waals surface area contributed by atoms with Crippen LogP contribution in [0.5, 0.6) is 17.2 Å². The van der Waals surface area contributed by atoms with Gasteiger partial charge in [0.2, 0.25) is 41.1 Å². The first-order valence-corrected chi connectivity index (χ1v) is 25.7. The van der Waals surface area contributed by atoms with Gasteiger partial charge in [-0.25, -0.2) is 4.79 Å². The van der Waals surface area contributed by atoms with Gasteiger partial charge >= 0.3 is 5.97 Å². The van der Waals surface area contributed by atoms with Gasteiger partial charge in [-0.3, -0.25) is 0 Å². The number of benzene rings is 7. The predicted octanol–water partition coefficient (Wildman–Crippen LogP) is 15.2. The lowest BCUT2D eigenvalue weighted by Gasteiger charge is -2.18. The first-order chi connectivity index (χ1) is 37.3. The van der Waals surface area contributed by atoms with Gasteiger partial charge in [-0.1, -0.05) is 135 Å². The van der Waals surface area contributed by atoms with Crippen molar-refractivity contribution in [2.75, 3.05) is 0 Å². The van der Waals surface area contributed by atoms with Crippen LogP contribution in [0.15, 0.2) is 171 Å². The SMILES string of the molecule is CC(C)(C)c1ccc(-c2nnc(-c3ccc(COc4cc(C(=O)O)cc(OCc5ccc(-c6nnc(-c7ccc(C(C)(C)C)cc7)o6)cc5)c4OCc4ccc(-c5nnc(-c6ccc(C(C)(C)C)cc6)o5)cc4)cc3)o2)cc1. The molecule has 7 aromatic carbocycles. The van der Waals surface area contributed by atoms with Gasteiger partial charge in [-0.2, -0.15) is 0 Å². The molecule has 0 radical (unpaired) electrons. The van der Waals surface area contributed by atoms with Gasteiger partial charge in [0.1, 0.15) is 19.8 Å². The fourth-order valence-corrected chi connectivity index (χ4v) is 8.47. The molecule has 0 atom stereocenters. The number of rotatable bonds is 16. The molecule has 0 aliphatic carbocycles. The van der Waals surface area contributed by atoms with Crippen molar-refractivity contribution in [3.63, 3.8) is 0 Å². The van der Waals surface area contributed by atoms with E-state index in [4.69, 9.17) is 27.5 Å². The minimum Gasteiger partial charge on any atom is -0.485 e. The molecule has 3 aromatic heterocycles. The van der Waals surface area contributed by atoms with Gasteiger partial charge in [-0.05, 0) is 135 Å². The molecule has 1 N–H and O–H groups in total. The highest BCUT2D eigenvalue weighted by Gasteiger charge is 2.22. The number of nitrogens with zero attached hydrogens (tertiary/aromatic N) is 6. The summed E-state index contributed by atoms with van der Waals surface area (Å²) in [6, 6.07) is 49.8. The zero-order valence-corrected chi connectivity index (χ0v) is 45.1.